The quantitative estimate of drug-likeness (QED) is 0.586. The van der Waals surface area contributed by atoms with E-state index < -0.39 is 32.2 Å². The summed E-state index contributed by atoms with van der Waals surface area (Å²) in [7, 11) is 0. The van der Waals surface area contributed by atoms with Gasteiger partial charge in [-0.2, -0.15) is 8.78 Å². The summed E-state index contributed by atoms with van der Waals surface area (Å²) < 4.78 is 60.4. The van der Waals surface area contributed by atoms with Gasteiger partial charge in [0, 0.05) is 6.42 Å². The molecule has 0 amide bonds. The van der Waals surface area contributed by atoms with Crippen LogP contribution in [-0.4, -0.2) is 25.8 Å². The number of alkyl halides is 5. The van der Waals surface area contributed by atoms with Gasteiger partial charge in [0.05, 0.1) is 6.61 Å². The first kappa shape index (κ1) is 10.6. The second-order valence-electron chi connectivity index (χ2n) is 1.77. The molecule has 0 aromatic carbocycles. The fourth-order valence-corrected chi connectivity index (χ4v) is 0.396. The van der Waals surface area contributed by atoms with Gasteiger partial charge in [0.1, 0.15) is 0 Å². The Kier molecular flexibility index (Phi) is 5.10. The average molecular weight is 178 g/mol. The number of ether oxygens (including phenoxy) is 1. The van der Waals surface area contributed by atoms with Gasteiger partial charge in [-0.05, 0) is 0 Å². The van der Waals surface area contributed by atoms with E-state index in [4.69, 9.17) is 0 Å². The number of rotatable bonds is 5. The summed E-state index contributed by atoms with van der Waals surface area (Å²) in [6.45, 7) is -3.72. The van der Waals surface area contributed by atoms with Crippen LogP contribution in [0.2, 0.25) is 0 Å². The fourth-order valence-electron chi connectivity index (χ4n) is 0.396. The Balaban J connectivity index is 3.24. The monoisotopic (exact) mass is 178 g/mol. The summed E-state index contributed by atoms with van der Waals surface area (Å²) in [6, 6.07) is 0. The summed E-state index contributed by atoms with van der Waals surface area (Å²) in [5.41, 5.74) is 0. The lowest BCUT2D eigenvalue weighted by molar-refractivity contribution is -0.134. The van der Waals surface area contributed by atoms with Crippen molar-refractivity contribution in [3.05, 3.63) is 0 Å². The molecule has 0 saturated heterocycles. The van der Waals surface area contributed by atoms with Gasteiger partial charge in [0.2, 0.25) is 0 Å². The average Bonchev–Trinajstić information content (AvgIpc) is 1.86. The summed E-state index contributed by atoms with van der Waals surface area (Å²) in [4.78, 5) is 0. The van der Waals surface area contributed by atoms with Crippen LogP contribution in [-0.2, 0) is 4.74 Å². The molecule has 0 saturated carbocycles. The van der Waals surface area contributed by atoms with Crippen LogP contribution < -0.4 is 0 Å². The largest absolute Gasteiger partial charge is 0.345 e. The van der Waals surface area contributed by atoms with Crippen molar-refractivity contribution in [1.29, 1.82) is 0 Å². The lowest BCUT2D eigenvalue weighted by Gasteiger charge is -2.06. The van der Waals surface area contributed by atoms with Crippen molar-refractivity contribution in [2.75, 3.05) is 6.61 Å². The Labute approximate surface area is 60.1 Å². The van der Waals surface area contributed by atoms with Crippen molar-refractivity contribution >= 4 is 0 Å². The summed E-state index contributed by atoms with van der Waals surface area (Å²) >= 11 is 0. The van der Waals surface area contributed by atoms with E-state index in [2.05, 4.69) is 4.74 Å². The van der Waals surface area contributed by atoms with E-state index in [1.807, 2.05) is 0 Å². The van der Waals surface area contributed by atoms with Crippen LogP contribution in [0.25, 0.3) is 0 Å². The molecule has 0 aromatic heterocycles. The topological polar surface area (TPSA) is 9.23 Å². The molecule has 0 aromatic rings. The van der Waals surface area contributed by atoms with Crippen molar-refractivity contribution in [2.45, 2.75) is 25.6 Å². The van der Waals surface area contributed by atoms with Gasteiger partial charge >= 0.3 is 6.61 Å². The Morgan fingerprint density at radius 3 is 1.91 bits per heavy atom. The lowest BCUT2D eigenvalue weighted by atomic mass is 10.3. The van der Waals surface area contributed by atoms with Crippen LogP contribution >= 0.6 is 0 Å². The molecule has 11 heavy (non-hydrogen) atoms. The normalized spacial score (nSPS) is 14.5. The molecule has 0 bridgehead atoms. The molecule has 0 aliphatic carbocycles. The van der Waals surface area contributed by atoms with Gasteiger partial charge in [-0.1, -0.05) is 0 Å². The predicted octanol–water partition coefficient (Wildman–Crippen LogP) is 2.22. The van der Waals surface area contributed by atoms with Crippen LogP contribution in [0.4, 0.5) is 22.0 Å². The minimum atomic E-state index is -3.13. The molecule has 0 rings (SSSR count). The van der Waals surface area contributed by atoms with E-state index in [9.17, 15) is 22.0 Å². The Morgan fingerprint density at radius 1 is 1.00 bits per heavy atom. The Morgan fingerprint density at radius 2 is 1.55 bits per heavy atom. The van der Waals surface area contributed by atoms with E-state index in [0.29, 0.717) is 0 Å². The minimum absolute atomic E-state index is 0.691. The smallest absolute Gasteiger partial charge is 0.323 e. The van der Waals surface area contributed by atoms with Crippen LogP contribution in [0, 0.1) is 0 Å². The number of hydrogen-bond donors (Lipinski definition) is 0. The van der Waals surface area contributed by atoms with Crippen LogP contribution in [0.3, 0.4) is 0 Å². The Hall–Kier alpha value is -0.390. The van der Waals surface area contributed by atoms with Gasteiger partial charge in [0.25, 0.3) is 6.43 Å². The molecule has 6 heteroatoms. The molecule has 1 nitrogen and oxygen atoms in total. The van der Waals surface area contributed by atoms with E-state index in [-0.39, 0.29) is 0 Å². The van der Waals surface area contributed by atoms with Crippen molar-refractivity contribution in [2.24, 2.45) is 0 Å². The number of halogens is 5. The van der Waals surface area contributed by atoms with E-state index in [1.54, 1.807) is 0 Å². The standard InChI is InChI=1S/C5H7F5O/c6-3(4(7)8)1-2-11-5(9)10/h3-5H,1-2H2. The first-order chi connectivity index (χ1) is 5.04. The molecule has 0 N–H and O–H groups in total. The first-order valence-corrected chi connectivity index (χ1v) is 2.86. The van der Waals surface area contributed by atoms with Gasteiger partial charge in [-0.3, -0.25) is 0 Å². The van der Waals surface area contributed by atoms with Gasteiger partial charge in [-0.25, -0.2) is 13.2 Å². The zero-order valence-electron chi connectivity index (χ0n) is 5.44. The van der Waals surface area contributed by atoms with Gasteiger partial charge < -0.3 is 4.74 Å². The van der Waals surface area contributed by atoms with E-state index >= 15 is 0 Å². The molecule has 0 fully saturated rings. The number of hydrogen-bond acceptors (Lipinski definition) is 1. The van der Waals surface area contributed by atoms with Crippen molar-refractivity contribution in [3.8, 4) is 0 Å². The van der Waals surface area contributed by atoms with Crippen molar-refractivity contribution in [1.82, 2.24) is 0 Å². The van der Waals surface area contributed by atoms with Gasteiger partial charge in [0.15, 0.2) is 6.17 Å². The maximum absolute atomic E-state index is 11.9. The van der Waals surface area contributed by atoms with Crippen LogP contribution in [0.5, 0.6) is 0 Å². The maximum Gasteiger partial charge on any atom is 0.345 e. The lowest BCUT2D eigenvalue weighted by Crippen LogP contribution is -2.15. The molecule has 68 valence electrons. The third-order valence-electron chi connectivity index (χ3n) is 0.911. The third-order valence-corrected chi connectivity index (χ3v) is 0.911. The second-order valence-corrected chi connectivity index (χ2v) is 1.77. The molecule has 0 radical (unpaired) electrons. The van der Waals surface area contributed by atoms with Crippen molar-refractivity contribution in [3.63, 3.8) is 0 Å². The summed E-state index contributed by atoms with van der Waals surface area (Å²) in [5.74, 6) is 0. The molecule has 0 aliphatic heterocycles. The zero-order valence-corrected chi connectivity index (χ0v) is 5.44. The highest BCUT2D eigenvalue weighted by Gasteiger charge is 2.19. The van der Waals surface area contributed by atoms with Crippen LogP contribution in [0.15, 0.2) is 0 Å². The van der Waals surface area contributed by atoms with Crippen molar-refractivity contribution < 1.29 is 26.7 Å². The summed E-state index contributed by atoms with van der Waals surface area (Å²) in [5, 5.41) is 0. The molecular formula is C5H7F5O. The molecule has 1 unspecified atom stereocenters. The van der Waals surface area contributed by atoms with E-state index in [1.165, 1.54) is 0 Å². The zero-order chi connectivity index (χ0) is 8.85. The predicted molar refractivity (Wildman–Crippen MR) is 27.5 cm³/mol. The SMILES string of the molecule is FC(F)OCCC(F)C(F)F. The highest BCUT2D eigenvalue weighted by molar-refractivity contribution is 4.56. The van der Waals surface area contributed by atoms with E-state index in [0.717, 1.165) is 0 Å². The molecular weight excluding hydrogens is 171 g/mol. The third kappa shape index (κ3) is 6.03. The molecule has 0 heterocycles. The first-order valence-electron chi connectivity index (χ1n) is 2.86. The fraction of sp³-hybridized carbons (Fsp3) is 1.00. The summed E-state index contributed by atoms with van der Waals surface area (Å²) in [6.07, 6.45) is -6.22. The molecule has 1 atom stereocenters. The highest BCUT2D eigenvalue weighted by atomic mass is 19.3. The molecule has 0 aliphatic rings. The van der Waals surface area contributed by atoms with Crippen LogP contribution in [0.1, 0.15) is 6.42 Å². The maximum atomic E-state index is 11.9. The minimum Gasteiger partial charge on any atom is -0.323 e. The second kappa shape index (κ2) is 5.29. The highest BCUT2D eigenvalue weighted by Crippen LogP contribution is 2.10. The van der Waals surface area contributed by atoms with Gasteiger partial charge in [-0.15, -0.1) is 0 Å². The Bertz CT molecular complexity index is 96.9. The molecule has 0 spiro atoms.